The Morgan fingerprint density at radius 2 is 0.957 bits per heavy atom. The number of amides is 2. The average molecular weight is 655 g/mol. The molecule has 0 aromatic heterocycles. The maximum Gasteiger partial charge on any atom is 0.239 e. The normalized spacial score (nSPS) is 24.8. The number of aryl methyl sites for hydroxylation is 2. The van der Waals surface area contributed by atoms with Gasteiger partial charge >= 0.3 is 0 Å². The van der Waals surface area contributed by atoms with E-state index in [1.54, 1.807) is 18.2 Å². The molecule has 0 spiro atoms. The van der Waals surface area contributed by atoms with Gasteiger partial charge in [-0.05, 0) is 65.4 Å². The number of carbonyl (C=O) groups is 3. The highest BCUT2D eigenvalue weighted by Gasteiger charge is 2.82. The number of hydrogen-bond donors (Lipinski definition) is 0. The van der Waals surface area contributed by atoms with E-state index in [2.05, 4.69) is 0 Å². The van der Waals surface area contributed by atoms with Crippen LogP contribution in [0.5, 0.6) is 0 Å². The molecule has 4 atom stereocenters. The third-order valence-electron chi connectivity index (χ3n) is 10.3. The minimum absolute atomic E-state index is 0.154. The molecule has 5 aromatic rings. The Kier molecular flexibility index (Phi) is 6.70. The second kappa shape index (κ2) is 10.6. The van der Waals surface area contributed by atoms with Crippen LogP contribution >= 0.6 is 23.2 Å². The lowest BCUT2D eigenvalue weighted by molar-refractivity contribution is -0.130. The molecule has 0 radical (unpaired) electrons. The number of ketones is 1. The summed E-state index contributed by atoms with van der Waals surface area (Å²) in [6, 6.07) is 40.0. The van der Waals surface area contributed by atoms with Gasteiger partial charge < -0.3 is 0 Å². The van der Waals surface area contributed by atoms with Gasteiger partial charge in [0.25, 0.3) is 0 Å². The van der Waals surface area contributed by atoms with Crippen LogP contribution in [0.3, 0.4) is 0 Å². The van der Waals surface area contributed by atoms with Gasteiger partial charge in [0.2, 0.25) is 11.8 Å². The van der Waals surface area contributed by atoms with Gasteiger partial charge in [-0.15, -0.1) is 0 Å². The summed E-state index contributed by atoms with van der Waals surface area (Å²) in [5, 5.41) is 0.548. The third kappa shape index (κ3) is 3.86. The topological polar surface area (TPSA) is 54.5 Å². The van der Waals surface area contributed by atoms with Crippen LogP contribution in [0.25, 0.3) is 11.1 Å². The van der Waals surface area contributed by atoms with Gasteiger partial charge in [-0.2, -0.15) is 0 Å². The molecule has 4 nitrogen and oxygen atoms in total. The summed E-state index contributed by atoms with van der Waals surface area (Å²) >= 11 is 12.7. The van der Waals surface area contributed by atoms with Crippen LogP contribution in [0.15, 0.2) is 127 Å². The predicted molar refractivity (Wildman–Crippen MR) is 186 cm³/mol. The van der Waals surface area contributed by atoms with E-state index in [0.717, 1.165) is 33.4 Å². The lowest BCUT2D eigenvalue weighted by Crippen LogP contribution is -2.45. The van der Waals surface area contributed by atoms with E-state index in [0.29, 0.717) is 21.8 Å². The van der Waals surface area contributed by atoms with E-state index in [1.165, 1.54) is 4.90 Å². The first-order valence-corrected chi connectivity index (χ1v) is 16.4. The van der Waals surface area contributed by atoms with Gasteiger partial charge in [-0.3, -0.25) is 14.4 Å². The van der Waals surface area contributed by atoms with Crippen molar-refractivity contribution in [3.8, 4) is 0 Å². The zero-order valence-electron chi connectivity index (χ0n) is 25.7. The first kappa shape index (κ1) is 29.6. The van der Waals surface area contributed by atoms with E-state index in [-0.39, 0.29) is 10.8 Å². The molecule has 1 aliphatic heterocycles. The summed E-state index contributed by atoms with van der Waals surface area (Å²) in [7, 11) is 0. The summed E-state index contributed by atoms with van der Waals surface area (Å²) in [6.07, 6.45) is 0. The van der Waals surface area contributed by atoms with Gasteiger partial charge in [-0.25, -0.2) is 4.90 Å². The number of benzene rings is 5. The average Bonchev–Trinajstić information content (AvgIpc) is 3.60. The Morgan fingerprint density at radius 3 is 1.36 bits per heavy atom. The highest BCUT2D eigenvalue weighted by atomic mass is 35.5. The molecular formula is C41H29Cl2NO3. The molecule has 2 fully saturated rings. The number of anilines is 1. The van der Waals surface area contributed by atoms with E-state index in [1.807, 2.05) is 123 Å². The molecule has 0 unspecified atom stereocenters. The molecule has 8 rings (SSSR count). The number of fused-ring (bicyclic) bond motifs is 5. The van der Waals surface area contributed by atoms with Gasteiger partial charge in [0.05, 0.1) is 38.4 Å². The molecule has 2 bridgehead atoms. The van der Waals surface area contributed by atoms with Gasteiger partial charge in [0, 0.05) is 0 Å². The fourth-order valence-corrected chi connectivity index (χ4v) is 8.74. The van der Waals surface area contributed by atoms with Crippen molar-refractivity contribution in [3.05, 3.63) is 171 Å². The van der Waals surface area contributed by atoms with Crippen molar-refractivity contribution < 1.29 is 14.4 Å². The summed E-state index contributed by atoms with van der Waals surface area (Å²) in [5.74, 6) is -3.03. The van der Waals surface area contributed by atoms with Gasteiger partial charge in [-0.1, -0.05) is 144 Å². The molecule has 1 heterocycles. The van der Waals surface area contributed by atoms with Crippen molar-refractivity contribution in [1.29, 1.82) is 0 Å². The SMILES string of the molecule is Cc1ccc(C2=C(c3ccc(C)cc3)[C@@]3(c4ccccc4)C(=O)[C@@]2(c2ccccc2)[C@H]2C(=O)N(c4ccc(Cl)c(Cl)c4)C(=O)[C@@H]23)cc1. The molecule has 1 saturated carbocycles. The standard InChI is InChI=1S/C41H29Cl2NO3/c1-24-13-17-26(18-14-24)33-34(27-19-15-25(2)16-20-27)41(29-11-7-4-8-12-29)36-35(40(33,39(41)47)28-9-5-3-6-10-28)37(45)44(38(36)46)30-21-22-31(42)32(43)23-30/h3-23,35-36H,1-2H3/t35-,36-,40-,41-/m1/s1. The summed E-state index contributed by atoms with van der Waals surface area (Å²) in [5.41, 5.74) is 4.13. The van der Waals surface area contributed by atoms with Crippen LogP contribution in [-0.4, -0.2) is 17.6 Å². The first-order chi connectivity index (χ1) is 22.7. The minimum atomic E-state index is -1.46. The van der Waals surface area contributed by atoms with E-state index in [9.17, 15) is 0 Å². The number of imide groups is 1. The molecule has 47 heavy (non-hydrogen) atoms. The van der Waals surface area contributed by atoms with Crippen molar-refractivity contribution in [2.75, 3.05) is 4.90 Å². The van der Waals surface area contributed by atoms with Crippen LogP contribution in [-0.2, 0) is 25.2 Å². The lowest BCUT2D eigenvalue weighted by atomic mass is 9.59. The second-order valence-electron chi connectivity index (χ2n) is 12.7. The van der Waals surface area contributed by atoms with Crippen LogP contribution in [0.1, 0.15) is 33.4 Å². The molecule has 230 valence electrons. The Bertz CT molecular complexity index is 2010. The number of rotatable bonds is 5. The molecule has 6 heteroatoms. The Labute approximate surface area is 283 Å². The van der Waals surface area contributed by atoms with E-state index < -0.39 is 34.5 Å². The quantitative estimate of drug-likeness (QED) is 0.178. The maximum absolute atomic E-state index is 16.0. The smallest absolute Gasteiger partial charge is 0.239 e. The second-order valence-corrected chi connectivity index (χ2v) is 13.5. The molecule has 5 aromatic carbocycles. The largest absolute Gasteiger partial charge is 0.297 e. The zero-order chi connectivity index (χ0) is 32.7. The number of Topliss-reactive ketones (excluding diaryl/α,β-unsaturated/α-hetero) is 1. The molecule has 2 aliphatic carbocycles. The van der Waals surface area contributed by atoms with Gasteiger partial charge in [0.1, 0.15) is 0 Å². The fourth-order valence-electron chi connectivity index (χ4n) is 8.44. The Balaban J connectivity index is 1.55. The van der Waals surface area contributed by atoms with Crippen molar-refractivity contribution in [2.24, 2.45) is 11.8 Å². The molecule has 3 aliphatic rings. The van der Waals surface area contributed by atoms with Crippen LogP contribution < -0.4 is 4.90 Å². The highest BCUT2D eigenvalue weighted by Crippen LogP contribution is 2.74. The Morgan fingerprint density at radius 1 is 0.532 bits per heavy atom. The van der Waals surface area contributed by atoms with E-state index >= 15 is 14.4 Å². The lowest BCUT2D eigenvalue weighted by Gasteiger charge is -2.39. The number of hydrogen-bond acceptors (Lipinski definition) is 3. The Hall–Kier alpha value is -4.77. The monoisotopic (exact) mass is 653 g/mol. The fraction of sp³-hybridized carbons (Fsp3) is 0.146. The maximum atomic E-state index is 16.0. The molecule has 1 saturated heterocycles. The predicted octanol–water partition coefficient (Wildman–Crippen LogP) is 8.80. The molecular weight excluding hydrogens is 625 g/mol. The number of halogens is 2. The van der Waals surface area contributed by atoms with Crippen molar-refractivity contribution in [1.82, 2.24) is 0 Å². The van der Waals surface area contributed by atoms with Crippen LogP contribution in [0, 0.1) is 25.7 Å². The third-order valence-corrected chi connectivity index (χ3v) is 11.0. The summed E-state index contributed by atoms with van der Waals surface area (Å²) < 4.78 is 0. The summed E-state index contributed by atoms with van der Waals surface area (Å²) in [6.45, 7) is 4.04. The van der Waals surface area contributed by atoms with Gasteiger partial charge in [0.15, 0.2) is 5.78 Å². The molecule has 0 N–H and O–H groups in total. The highest BCUT2D eigenvalue weighted by molar-refractivity contribution is 6.43. The minimum Gasteiger partial charge on any atom is -0.297 e. The van der Waals surface area contributed by atoms with E-state index in [4.69, 9.17) is 23.2 Å². The van der Waals surface area contributed by atoms with Crippen molar-refractivity contribution in [3.63, 3.8) is 0 Å². The summed E-state index contributed by atoms with van der Waals surface area (Å²) in [4.78, 5) is 47.3. The first-order valence-electron chi connectivity index (χ1n) is 15.6. The number of carbonyl (C=O) groups excluding carboxylic acids is 3. The van der Waals surface area contributed by atoms with Crippen LogP contribution in [0.4, 0.5) is 5.69 Å². The van der Waals surface area contributed by atoms with Crippen molar-refractivity contribution >= 4 is 57.6 Å². The number of nitrogens with zero attached hydrogens (tertiary/aromatic N) is 1. The molecule has 2 amide bonds. The number of allylic oxidation sites excluding steroid dienone is 2. The van der Waals surface area contributed by atoms with Crippen molar-refractivity contribution in [2.45, 2.75) is 24.7 Å². The van der Waals surface area contributed by atoms with Crippen LogP contribution in [0.2, 0.25) is 10.0 Å². The zero-order valence-corrected chi connectivity index (χ0v) is 27.2.